The van der Waals surface area contributed by atoms with Crippen molar-refractivity contribution in [3.8, 4) is 0 Å². The van der Waals surface area contributed by atoms with Gasteiger partial charge in [0, 0.05) is 6.42 Å². The van der Waals surface area contributed by atoms with Crippen LogP contribution in [0.1, 0.15) is 25.7 Å². The van der Waals surface area contributed by atoms with Crippen molar-refractivity contribution >= 4 is 5.91 Å². The number of carbonyl (C=O) groups is 1. The molecule has 0 aromatic carbocycles. The molecule has 1 aliphatic carbocycles. The molecule has 0 aliphatic heterocycles. The van der Waals surface area contributed by atoms with E-state index in [9.17, 15) is 13.6 Å². The summed E-state index contributed by atoms with van der Waals surface area (Å²) in [5, 5.41) is 10.4. The predicted molar refractivity (Wildman–Crippen MR) is 47.0 cm³/mol. The maximum Gasteiger partial charge on any atom is 0.287 e. The lowest BCUT2D eigenvalue weighted by Gasteiger charge is -2.24. The first-order valence-electron chi connectivity index (χ1n) is 4.79. The van der Waals surface area contributed by atoms with Crippen molar-refractivity contribution in [2.45, 2.75) is 31.6 Å². The first-order valence-corrected chi connectivity index (χ1v) is 4.79. The Kier molecular flexibility index (Phi) is 3.80. The largest absolute Gasteiger partial charge is 0.390 e. The van der Waals surface area contributed by atoms with Crippen LogP contribution in [0.15, 0.2) is 0 Å². The number of alkyl halides is 2. The predicted octanol–water partition coefficient (Wildman–Crippen LogP) is 0.920. The van der Waals surface area contributed by atoms with Gasteiger partial charge in [0.2, 0.25) is 5.91 Å². The lowest BCUT2D eigenvalue weighted by molar-refractivity contribution is -0.125. The number of aliphatic hydroxyl groups excluding tert-OH is 1. The average Bonchev–Trinajstić information content (AvgIpc) is 2.08. The Labute approximate surface area is 81.5 Å². The highest BCUT2D eigenvalue weighted by molar-refractivity contribution is 5.76. The lowest BCUT2D eigenvalue weighted by Crippen LogP contribution is -2.39. The number of aliphatic hydroxyl groups is 1. The molecule has 1 rings (SSSR count). The number of hydrogen-bond donors (Lipinski definition) is 2. The topological polar surface area (TPSA) is 49.3 Å². The molecule has 0 unspecified atom stereocenters. The maximum absolute atomic E-state index is 12.5. The van der Waals surface area contributed by atoms with E-state index in [1.807, 2.05) is 0 Å². The normalized spacial score (nSPS) is 17.6. The number of rotatable bonds is 5. The Morgan fingerprint density at radius 3 is 2.57 bits per heavy atom. The number of carbonyl (C=O) groups excluding carboxylic acids is 1. The molecule has 0 radical (unpaired) electrons. The van der Waals surface area contributed by atoms with Gasteiger partial charge in [-0.25, -0.2) is 8.78 Å². The molecule has 0 bridgehead atoms. The van der Waals surface area contributed by atoms with Crippen LogP contribution >= 0.6 is 0 Å². The van der Waals surface area contributed by atoms with Crippen LogP contribution in [0, 0.1) is 5.92 Å². The molecule has 14 heavy (non-hydrogen) atoms. The van der Waals surface area contributed by atoms with E-state index >= 15 is 0 Å². The van der Waals surface area contributed by atoms with Gasteiger partial charge in [-0.05, 0) is 18.8 Å². The molecule has 0 atom stereocenters. The zero-order valence-electron chi connectivity index (χ0n) is 7.93. The van der Waals surface area contributed by atoms with Crippen molar-refractivity contribution in [1.82, 2.24) is 5.32 Å². The summed E-state index contributed by atoms with van der Waals surface area (Å²) in [6, 6.07) is 0. The fourth-order valence-electron chi connectivity index (χ4n) is 1.32. The van der Waals surface area contributed by atoms with Crippen molar-refractivity contribution in [3.63, 3.8) is 0 Å². The van der Waals surface area contributed by atoms with Crippen molar-refractivity contribution in [2.75, 3.05) is 13.2 Å². The van der Waals surface area contributed by atoms with Gasteiger partial charge in [-0.2, -0.15) is 0 Å². The van der Waals surface area contributed by atoms with E-state index in [0.29, 0.717) is 12.3 Å². The van der Waals surface area contributed by atoms with E-state index in [1.165, 1.54) is 0 Å². The van der Waals surface area contributed by atoms with E-state index in [-0.39, 0.29) is 5.91 Å². The van der Waals surface area contributed by atoms with Crippen LogP contribution in [-0.4, -0.2) is 30.1 Å². The quantitative estimate of drug-likeness (QED) is 0.704. The molecule has 0 saturated heterocycles. The summed E-state index contributed by atoms with van der Waals surface area (Å²) in [4.78, 5) is 11.1. The van der Waals surface area contributed by atoms with Crippen LogP contribution in [-0.2, 0) is 4.79 Å². The molecule has 5 heteroatoms. The van der Waals surface area contributed by atoms with Gasteiger partial charge in [-0.1, -0.05) is 6.42 Å². The van der Waals surface area contributed by atoms with Crippen LogP contribution in [0.2, 0.25) is 0 Å². The Morgan fingerprint density at radius 1 is 1.50 bits per heavy atom. The van der Waals surface area contributed by atoms with E-state index < -0.39 is 19.1 Å². The van der Waals surface area contributed by atoms with Crippen LogP contribution in [0.3, 0.4) is 0 Å². The fraction of sp³-hybridized carbons (Fsp3) is 0.889. The van der Waals surface area contributed by atoms with Gasteiger partial charge in [0.1, 0.15) is 6.61 Å². The molecule has 0 spiro atoms. The molecule has 1 amide bonds. The van der Waals surface area contributed by atoms with Gasteiger partial charge in [0.15, 0.2) is 0 Å². The van der Waals surface area contributed by atoms with E-state index in [1.54, 1.807) is 0 Å². The fourth-order valence-corrected chi connectivity index (χ4v) is 1.32. The van der Waals surface area contributed by atoms with Crippen LogP contribution in [0.5, 0.6) is 0 Å². The number of nitrogens with one attached hydrogen (secondary N) is 1. The zero-order valence-corrected chi connectivity index (χ0v) is 7.93. The summed E-state index contributed by atoms with van der Waals surface area (Å²) in [6.07, 6.45) is 3.50. The van der Waals surface area contributed by atoms with Gasteiger partial charge in [-0.15, -0.1) is 0 Å². The highest BCUT2D eigenvalue weighted by Gasteiger charge is 2.29. The SMILES string of the molecule is O=C(CC1CCC1)NCC(F)(F)CO. The van der Waals surface area contributed by atoms with Crippen LogP contribution in [0.4, 0.5) is 8.78 Å². The first-order chi connectivity index (χ1) is 6.53. The summed E-state index contributed by atoms with van der Waals surface area (Å²) < 4.78 is 25.0. The smallest absolute Gasteiger partial charge is 0.287 e. The molecular weight excluding hydrogens is 192 g/mol. The van der Waals surface area contributed by atoms with Crippen molar-refractivity contribution in [2.24, 2.45) is 5.92 Å². The molecule has 3 nitrogen and oxygen atoms in total. The van der Waals surface area contributed by atoms with E-state index in [2.05, 4.69) is 5.32 Å². The Bertz CT molecular complexity index is 205. The summed E-state index contributed by atoms with van der Waals surface area (Å²) in [5.74, 6) is -3.17. The minimum atomic E-state index is -3.20. The van der Waals surface area contributed by atoms with Crippen molar-refractivity contribution < 1.29 is 18.7 Å². The Balaban J connectivity index is 2.13. The molecule has 0 aromatic rings. The molecule has 0 aromatic heterocycles. The van der Waals surface area contributed by atoms with E-state index in [0.717, 1.165) is 19.3 Å². The van der Waals surface area contributed by atoms with Crippen LogP contribution < -0.4 is 5.32 Å². The second kappa shape index (κ2) is 4.68. The summed E-state index contributed by atoms with van der Waals surface area (Å²) in [5.41, 5.74) is 0. The number of hydrogen-bond acceptors (Lipinski definition) is 2. The number of halogens is 2. The standard InChI is InChI=1S/C9H15F2NO2/c10-9(11,6-13)5-12-8(14)4-7-2-1-3-7/h7,13H,1-6H2,(H,12,14). The molecule has 1 saturated carbocycles. The lowest BCUT2D eigenvalue weighted by atomic mass is 9.83. The highest BCUT2D eigenvalue weighted by atomic mass is 19.3. The molecule has 1 aliphatic rings. The second-order valence-corrected chi connectivity index (χ2v) is 3.79. The third kappa shape index (κ3) is 3.57. The average molecular weight is 207 g/mol. The monoisotopic (exact) mass is 207 g/mol. The first kappa shape index (κ1) is 11.4. The van der Waals surface area contributed by atoms with Gasteiger partial charge < -0.3 is 10.4 Å². The summed E-state index contributed by atoms with van der Waals surface area (Å²) >= 11 is 0. The summed E-state index contributed by atoms with van der Waals surface area (Å²) in [6.45, 7) is -1.99. The van der Waals surface area contributed by atoms with Gasteiger partial charge in [0.05, 0.1) is 6.54 Å². The van der Waals surface area contributed by atoms with E-state index in [4.69, 9.17) is 5.11 Å². The molecule has 2 N–H and O–H groups in total. The van der Waals surface area contributed by atoms with Crippen LogP contribution in [0.25, 0.3) is 0 Å². The highest BCUT2D eigenvalue weighted by Crippen LogP contribution is 2.29. The minimum absolute atomic E-state index is 0.335. The number of amides is 1. The van der Waals surface area contributed by atoms with Crippen molar-refractivity contribution in [3.05, 3.63) is 0 Å². The van der Waals surface area contributed by atoms with Gasteiger partial charge >= 0.3 is 0 Å². The third-order valence-electron chi connectivity index (χ3n) is 2.47. The maximum atomic E-state index is 12.5. The molecule has 1 fully saturated rings. The molecular formula is C9H15F2NO2. The van der Waals surface area contributed by atoms with Crippen molar-refractivity contribution in [1.29, 1.82) is 0 Å². The van der Waals surface area contributed by atoms with Gasteiger partial charge in [0.25, 0.3) is 5.92 Å². The molecule has 82 valence electrons. The zero-order chi connectivity index (χ0) is 10.6. The Hall–Kier alpha value is -0.710. The second-order valence-electron chi connectivity index (χ2n) is 3.79. The molecule has 0 heterocycles. The third-order valence-corrected chi connectivity index (χ3v) is 2.47. The summed E-state index contributed by atoms with van der Waals surface area (Å²) in [7, 11) is 0. The van der Waals surface area contributed by atoms with Gasteiger partial charge in [-0.3, -0.25) is 4.79 Å². The minimum Gasteiger partial charge on any atom is -0.390 e. The Morgan fingerprint density at radius 2 is 2.14 bits per heavy atom.